The van der Waals surface area contributed by atoms with Crippen LogP contribution in [0.5, 0.6) is 0 Å². The molecule has 1 N–H and O–H groups in total. The number of fused-ring (bicyclic) bond motifs is 1. The van der Waals surface area contributed by atoms with Crippen LogP contribution in [-0.2, 0) is 0 Å². The quantitative estimate of drug-likeness (QED) is 0.775. The molecule has 0 amide bonds. The number of benzene rings is 2. The maximum absolute atomic E-state index is 5.91. The molecule has 0 bridgehead atoms. The van der Waals surface area contributed by atoms with Gasteiger partial charge in [0.15, 0.2) is 0 Å². The minimum Gasteiger partial charge on any atom is -0.348 e. The molecule has 1 heterocycles. The lowest BCUT2D eigenvalue weighted by molar-refractivity contribution is 1.46. The molecule has 0 unspecified atom stereocenters. The summed E-state index contributed by atoms with van der Waals surface area (Å²) in [4.78, 5) is 5.49. The highest BCUT2D eigenvalue weighted by atomic mass is 35.5. The Labute approximate surface area is 122 Å². The summed E-state index contributed by atoms with van der Waals surface area (Å²) in [5, 5.41) is 3.95. The molecule has 0 aliphatic carbocycles. The zero-order chi connectivity index (χ0) is 13.2. The van der Waals surface area contributed by atoms with Crippen molar-refractivity contribution in [3.63, 3.8) is 0 Å². The first kappa shape index (κ1) is 12.3. The molecule has 0 spiro atoms. The Balaban J connectivity index is 2.08. The Kier molecular flexibility index (Phi) is 3.32. The van der Waals surface area contributed by atoms with Crippen molar-refractivity contribution in [1.29, 1.82) is 0 Å². The minimum absolute atomic E-state index is 0.631. The molecule has 2 aromatic carbocycles. The van der Waals surface area contributed by atoms with Crippen molar-refractivity contribution in [3.8, 4) is 0 Å². The molecule has 2 nitrogen and oxygen atoms in total. The van der Waals surface area contributed by atoms with E-state index in [1.165, 1.54) is 0 Å². The highest BCUT2D eigenvalue weighted by Crippen LogP contribution is 2.29. The largest absolute Gasteiger partial charge is 0.348 e. The first-order chi connectivity index (χ1) is 9.22. The summed E-state index contributed by atoms with van der Waals surface area (Å²) in [5.41, 5.74) is 3.87. The van der Waals surface area contributed by atoms with Gasteiger partial charge in [0.1, 0.15) is 0 Å². The fourth-order valence-electron chi connectivity index (χ4n) is 2.02. The van der Waals surface area contributed by atoms with E-state index in [-0.39, 0.29) is 0 Å². The molecule has 19 heavy (non-hydrogen) atoms. The summed E-state index contributed by atoms with van der Waals surface area (Å²) in [6.07, 6.45) is 0.631. The lowest BCUT2D eigenvalue weighted by atomic mass is 10.1. The van der Waals surface area contributed by atoms with Crippen molar-refractivity contribution in [2.24, 2.45) is 4.99 Å². The van der Waals surface area contributed by atoms with Crippen LogP contribution in [0, 0.1) is 0 Å². The second-order valence-corrected chi connectivity index (χ2v) is 5.24. The average molecular weight is 287 g/mol. The maximum Gasteiger partial charge on any atom is 0.0868 e. The molecule has 4 heteroatoms. The average Bonchev–Trinajstić information content (AvgIpc) is 2.57. The van der Waals surface area contributed by atoms with E-state index in [0.717, 1.165) is 32.7 Å². The molecule has 0 fully saturated rings. The second-order valence-electron chi connectivity index (χ2n) is 4.31. The van der Waals surface area contributed by atoms with Crippen molar-refractivity contribution in [1.82, 2.24) is 0 Å². The fourth-order valence-corrected chi connectivity index (χ4v) is 2.39. The molecule has 0 saturated heterocycles. The standard InChI is InChI=1S/C15H11ClN2S/c16-11-7-5-10(6-8-11)14-9-15(19)18-13-4-2-1-3-12(13)17-14/h1-8H,9H2,(H,18,19). The third-order valence-electron chi connectivity index (χ3n) is 2.94. The smallest absolute Gasteiger partial charge is 0.0868 e. The number of nitrogens with zero attached hydrogens (tertiary/aromatic N) is 1. The minimum atomic E-state index is 0.631. The van der Waals surface area contributed by atoms with Crippen LogP contribution >= 0.6 is 23.8 Å². The van der Waals surface area contributed by atoms with Crippen LogP contribution in [0.2, 0.25) is 5.02 Å². The molecular weight excluding hydrogens is 276 g/mol. The lowest BCUT2D eigenvalue weighted by Gasteiger charge is -2.05. The molecule has 3 rings (SSSR count). The Morgan fingerprint density at radius 3 is 2.58 bits per heavy atom. The predicted molar refractivity (Wildman–Crippen MR) is 84.9 cm³/mol. The predicted octanol–water partition coefficient (Wildman–Crippen LogP) is 4.60. The summed E-state index contributed by atoms with van der Waals surface area (Å²) >= 11 is 11.3. The van der Waals surface area contributed by atoms with Gasteiger partial charge in [0.25, 0.3) is 0 Å². The van der Waals surface area contributed by atoms with Crippen LogP contribution in [0.3, 0.4) is 0 Å². The first-order valence-corrected chi connectivity index (χ1v) is 6.73. The monoisotopic (exact) mass is 286 g/mol. The molecule has 0 aromatic heterocycles. The van der Waals surface area contributed by atoms with Crippen LogP contribution in [0.15, 0.2) is 53.5 Å². The van der Waals surface area contributed by atoms with Gasteiger partial charge in [0.2, 0.25) is 0 Å². The second kappa shape index (κ2) is 5.11. The van der Waals surface area contributed by atoms with E-state index < -0.39 is 0 Å². The Morgan fingerprint density at radius 2 is 1.79 bits per heavy atom. The van der Waals surface area contributed by atoms with E-state index in [1.807, 2.05) is 48.5 Å². The van der Waals surface area contributed by atoms with Gasteiger partial charge in [-0.3, -0.25) is 4.99 Å². The first-order valence-electron chi connectivity index (χ1n) is 5.95. The van der Waals surface area contributed by atoms with E-state index >= 15 is 0 Å². The Hall–Kier alpha value is -1.71. The summed E-state index contributed by atoms with van der Waals surface area (Å²) in [5.74, 6) is 0. The van der Waals surface area contributed by atoms with E-state index in [9.17, 15) is 0 Å². The normalized spacial score (nSPS) is 14.2. The summed E-state index contributed by atoms with van der Waals surface area (Å²) in [6, 6.07) is 15.6. The van der Waals surface area contributed by atoms with Crippen molar-refractivity contribution in [2.75, 3.05) is 5.32 Å². The Bertz CT molecular complexity index is 662. The van der Waals surface area contributed by atoms with Crippen molar-refractivity contribution in [2.45, 2.75) is 6.42 Å². The molecule has 0 atom stereocenters. The van der Waals surface area contributed by atoms with Crippen LogP contribution in [-0.4, -0.2) is 10.7 Å². The topological polar surface area (TPSA) is 24.4 Å². The van der Waals surface area contributed by atoms with E-state index in [2.05, 4.69) is 5.32 Å². The molecule has 0 saturated carbocycles. The number of thiocarbonyl (C=S) groups is 1. The number of halogens is 1. The van der Waals surface area contributed by atoms with E-state index in [1.54, 1.807) is 0 Å². The van der Waals surface area contributed by atoms with E-state index in [4.69, 9.17) is 28.8 Å². The van der Waals surface area contributed by atoms with Gasteiger partial charge in [0, 0.05) is 11.4 Å². The number of aliphatic imine (C=N–C) groups is 1. The number of anilines is 1. The molecule has 2 aromatic rings. The number of nitrogens with one attached hydrogen (secondary N) is 1. The van der Waals surface area contributed by atoms with E-state index in [0.29, 0.717) is 6.42 Å². The molecule has 0 radical (unpaired) electrons. The van der Waals surface area contributed by atoms with Gasteiger partial charge in [0.05, 0.1) is 22.1 Å². The number of hydrogen-bond donors (Lipinski definition) is 1. The summed E-state index contributed by atoms with van der Waals surface area (Å²) in [6.45, 7) is 0. The number of rotatable bonds is 1. The molecular formula is C15H11ClN2S. The third kappa shape index (κ3) is 2.67. The zero-order valence-corrected chi connectivity index (χ0v) is 11.6. The fraction of sp³-hybridized carbons (Fsp3) is 0.0667. The third-order valence-corrected chi connectivity index (χ3v) is 3.44. The van der Waals surface area contributed by atoms with Gasteiger partial charge in [-0.05, 0) is 29.8 Å². The van der Waals surface area contributed by atoms with Crippen molar-refractivity contribution < 1.29 is 0 Å². The van der Waals surface area contributed by atoms with Gasteiger partial charge >= 0.3 is 0 Å². The molecule has 94 valence electrons. The van der Waals surface area contributed by atoms with Crippen LogP contribution in [0.25, 0.3) is 0 Å². The van der Waals surface area contributed by atoms with Crippen LogP contribution < -0.4 is 5.32 Å². The zero-order valence-electron chi connectivity index (χ0n) is 10.1. The SMILES string of the molecule is S=C1CC(c2ccc(Cl)cc2)=Nc2ccccc2N1. The van der Waals surface area contributed by atoms with Gasteiger partial charge in [-0.25, -0.2) is 0 Å². The van der Waals surface area contributed by atoms with Gasteiger partial charge in [-0.2, -0.15) is 0 Å². The maximum atomic E-state index is 5.91. The van der Waals surface area contributed by atoms with Crippen LogP contribution in [0.4, 0.5) is 11.4 Å². The molecule has 1 aliphatic heterocycles. The number of hydrogen-bond acceptors (Lipinski definition) is 2. The van der Waals surface area contributed by atoms with Crippen molar-refractivity contribution >= 4 is 45.9 Å². The van der Waals surface area contributed by atoms with Gasteiger partial charge < -0.3 is 5.32 Å². The summed E-state index contributed by atoms with van der Waals surface area (Å²) in [7, 11) is 0. The highest BCUT2D eigenvalue weighted by molar-refractivity contribution is 7.80. The molecule has 1 aliphatic rings. The number of para-hydroxylation sites is 2. The summed E-state index contributed by atoms with van der Waals surface area (Å²) < 4.78 is 0. The highest BCUT2D eigenvalue weighted by Gasteiger charge is 2.14. The van der Waals surface area contributed by atoms with Crippen molar-refractivity contribution in [3.05, 3.63) is 59.1 Å². The van der Waals surface area contributed by atoms with Gasteiger partial charge in [-0.15, -0.1) is 0 Å². The Morgan fingerprint density at radius 1 is 1.05 bits per heavy atom. The lowest BCUT2D eigenvalue weighted by Crippen LogP contribution is -2.12. The van der Waals surface area contributed by atoms with Gasteiger partial charge in [-0.1, -0.05) is 48.1 Å². The van der Waals surface area contributed by atoms with Crippen LogP contribution in [0.1, 0.15) is 12.0 Å².